The van der Waals surface area contributed by atoms with E-state index < -0.39 is 26.6 Å². The lowest BCUT2D eigenvalue weighted by atomic mass is 9.81. The Hall–Kier alpha value is -1.58. The van der Waals surface area contributed by atoms with Gasteiger partial charge in [-0.05, 0) is 69.6 Å². The maximum Gasteiger partial charge on any atom is 0.496 e. The first-order valence-corrected chi connectivity index (χ1v) is 15.6. The number of carbonyl (C=O) groups is 1. The minimum absolute atomic E-state index is 0.0733. The summed E-state index contributed by atoms with van der Waals surface area (Å²) in [6.45, 7) is 20.1. The summed E-state index contributed by atoms with van der Waals surface area (Å²) in [7, 11) is -2.51. The molecule has 1 unspecified atom stereocenters. The molecule has 9 heteroatoms. The number of hydrogen-bond donors (Lipinski definition) is 0. The van der Waals surface area contributed by atoms with Crippen molar-refractivity contribution in [2.75, 3.05) is 6.61 Å². The number of fused-ring (bicyclic) bond motifs is 1. The molecule has 0 spiro atoms. The number of aromatic nitrogens is 1. The molecular weight excluding hydrogens is 479 g/mol. The van der Waals surface area contributed by atoms with E-state index in [2.05, 4.69) is 33.9 Å². The second-order valence-corrected chi connectivity index (χ2v) is 17.5. The first-order valence-electron chi connectivity index (χ1n) is 12.3. The van der Waals surface area contributed by atoms with Crippen molar-refractivity contribution in [3.8, 4) is 0 Å². The highest BCUT2D eigenvalue weighted by atomic mass is 35.5. The highest BCUT2D eigenvalue weighted by Crippen LogP contribution is 2.39. The van der Waals surface area contributed by atoms with Gasteiger partial charge in [-0.25, -0.2) is 4.79 Å². The van der Waals surface area contributed by atoms with Crippen molar-refractivity contribution in [3.05, 3.63) is 52.8 Å². The molecule has 0 saturated carbocycles. The van der Waals surface area contributed by atoms with Crippen molar-refractivity contribution < 1.29 is 18.5 Å². The van der Waals surface area contributed by atoms with E-state index in [0.717, 1.165) is 16.7 Å². The van der Waals surface area contributed by atoms with Crippen LogP contribution in [0.1, 0.15) is 65.8 Å². The van der Waals surface area contributed by atoms with Crippen molar-refractivity contribution >= 4 is 38.5 Å². The number of benzene rings is 1. The topological polar surface area (TPSA) is 52.9 Å². The largest absolute Gasteiger partial charge is 0.496 e. The van der Waals surface area contributed by atoms with E-state index in [1.165, 1.54) is 0 Å². The molecule has 3 heterocycles. The van der Waals surface area contributed by atoms with Gasteiger partial charge in [0, 0.05) is 22.4 Å². The van der Waals surface area contributed by atoms with Gasteiger partial charge in [0.05, 0.1) is 30.4 Å². The van der Waals surface area contributed by atoms with Crippen molar-refractivity contribution in [3.63, 3.8) is 0 Å². The second-order valence-electron chi connectivity index (χ2n) is 12.3. The Kier molecular flexibility index (Phi) is 6.63. The van der Waals surface area contributed by atoms with Gasteiger partial charge < -0.3 is 18.6 Å². The van der Waals surface area contributed by atoms with Gasteiger partial charge in [-0.3, -0.25) is 4.57 Å². The van der Waals surface area contributed by atoms with Crippen LogP contribution in [0.25, 0.3) is 0 Å². The third kappa shape index (κ3) is 4.88. The summed E-state index contributed by atoms with van der Waals surface area (Å²) in [5, 5.41) is 0.721. The van der Waals surface area contributed by atoms with Gasteiger partial charge in [0.1, 0.15) is 0 Å². The van der Waals surface area contributed by atoms with E-state index in [0.29, 0.717) is 18.2 Å². The highest BCUT2D eigenvalue weighted by molar-refractivity contribution is 6.74. The third-order valence-corrected chi connectivity index (χ3v) is 13.0. The van der Waals surface area contributed by atoms with Gasteiger partial charge in [-0.2, -0.15) is 0 Å². The van der Waals surface area contributed by atoms with Crippen LogP contribution in [0.4, 0.5) is 4.79 Å². The number of halogens is 1. The van der Waals surface area contributed by atoms with E-state index in [9.17, 15) is 4.79 Å². The predicted octanol–water partition coefficient (Wildman–Crippen LogP) is 5.99. The Balaban J connectivity index is 1.59. The smallest absolute Gasteiger partial charge is 0.414 e. The van der Waals surface area contributed by atoms with Crippen LogP contribution < -0.4 is 5.46 Å². The summed E-state index contributed by atoms with van der Waals surface area (Å²) in [6.07, 6.45) is 1.85. The highest BCUT2D eigenvalue weighted by Gasteiger charge is 2.52. The summed E-state index contributed by atoms with van der Waals surface area (Å²) in [5.41, 5.74) is 1.89. The van der Waals surface area contributed by atoms with Gasteiger partial charge >= 0.3 is 13.1 Å². The van der Waals surface area contributed by atoms with Crippen LogP contribution in [0.5, 0.6) is 0 Å². The molecule has 0 aliphatic carbocycles. The number of nitrogens with zero attached hydrogens (tertiary/aromatic N) is 2. The van der Waals surface area contributed by atoms with Gasteiger partial charge in [-0.1, -0.05) is 44.5 Å². The zero-order valence-corrected chi connectivity index (χ0v) is 24.2. The lowest BCUT2D eigenvalue weighted by molar-refractivity contribution is 0.00578. The Morgan fingerprint density at radius 1 is 1.14 bits per heavy atom. The quantitative estimate of drug-likeness (QED) is 0.443. The van der Waals surface area contributed by atoms with Gasteiger partial charge in [0.15, 0.2) is 8.32 Å². The number of carbonyl (C=O) groups excluding carboxylic acids is 1. The molecule has 2 aromatic rings. The van der Waals surface area contributed by atoms with Crippen LogP contribution >= 0.6 is 11.6 Å². The molecule has 35 heavy (non-hydrogen) atoms. The fourth-order valence-corrected chi connectivity index (χ4v) is 5.35. The fourth-order valence-electron chi connectivity index (χ4n) is 4.15. The Labute approximate surface area is 216 Å². The summed E-state index contributed by atoms with van der Waals surface area (Å²) in [4.78, 5) is 15.5. The van der Waals surface area contributed by atoms with Crippen LogP contribution in [0.3, 0.4) is 0 Å². The minimum Gasteiger partial charge on any atom is -0.414 e. The molecule has 1 saturated heterocycles. The maximum absolute atomic E-state index is 13.6. The van der Waals surface area contributed by atoms with Crippen molar-refractivity contribution in [1.29, 1.82) is 0 Å². The SMILES string of the molecule is CC1(C)OB(c2cc3n(c2)C(=O)N(C(CO[Si](C)(C)C(C)(C)C)c2cccc(Cl)c2)C3)OC1(C)C. The van der Waals surface area contributed by atoms with Crippen LogP contribution in [0.15, 0.2) is 36.5 Å². The van der Waals surface area contributed by atoms with Crippen molar-refractivity contribution in [1.82, 2.24) is 9.47 Å². The maximum atomic E-state index is 13.6. The van der Waals surface area contributed by atoms with Crippen LogP contribution in [0.2, 0.25) is 23.2 Å². The zero-order chi connectivity index (χ0) is 26.0. The molecule has 2 aliphatic heterocycles. The van der Waals surface area contributed by atoms with E-state index in [-0.39, 0.29) is 17.1 Å². The standard InChI is InChI=1S/C26H38BClN2O4Si/c1-24(2,3)35(8,9)32-17-22(18-11-10-12-20(28)13-18)30-16-21-14-19(15-29(21)23(30)31)27-33-25(4,5)26(6,7)34-27/h10-15,22H,16-17H2,1-9H3. The molecule has 0 bridgehead atoms. The Morgan fingerprint density at radius 2 is 1.77 bits per heavy atom. The van der Waals surface area contributed by atoms with Gasteiger partial charge in [0.25, 0.3) is 0 Å². The lowest BCUT2D eigenvalue weighted by Crippen LogP contribution is -2.44. The molecule has 0 N–H and O–H groups in total. The molecule has 0 radical (unpaired) electrons. The molecule has 1 fully saturated rings. The number of rotatable bonds is 6. The Bertz CT molecular complexity index is 1110. The second kappa shape index (κ2) is 8.77. The summed E-state index contributed by atoms with van der Waals surface area (Å²) in [5.74, 6) is 0. The fraction of sp³-hybridized carbons (Fsp3) is 0.577. The average molecular weight is 517 g/mol. The van der Waals surface area contributed by atoms with Gasteiger partial charge in [0.2, 0.25) is 0 Å². The summed E-state index contributed by atoms with van der Waals surface area (Å²) < 4.78 is 20.7. The molecule has 1 aromatic carbocycles. The van der Waals surface area contributed by atoms with Crippen molar-refractivity contribution in [2.45, 2.75) is 90.4 Å². The molecule has 1 aromatic heterocycles. The molecule has 4 rings (SSSR count). The summed E-state index contributed by atoms with van der Waals surface area (Å²) in [6, 6.07) is 9.42. The molecule has 190 valence electrons. The van der Waals surface area contributed by atoms with Crippen LogP contribution in [0, 0.1) is 0 Å². The first-order chi connectivity index (χ1) is 16.0. The van der Waals surface area contributed by atoms with Gasteiger partial charge in [-0.15, -0.1) is 0 Å². The molecule has 1 amide bonds. The van der Waals surface area contributed by atoms with Crippen LogP contribution in [-0.2, 0) is 20.3 Å². The van der Waals surface area contributed by atoms with E-state index >= 15 is 0 Å². The molecule has 1 atom stereocenters. The molecule has 2 aliphatic rings. The molecule has 6 nitrogen and oxygen atoms in total. The predicted molar refractivity (Wildman–Crippen MR) is 144 cm³/mol. The van der Waals surface area contributed by atoms with E-state index in [4.69, 9.17) is 25.3 Å². The van der Waals surface area contributed by atoms with Crippen molar-refractivity contribution in [2.24, 2.45) is 0 Å². The van der Waals surface area contributed by atoms with Crippen LogP contribution in [-0.4, -0.2) is 48.7 Å². The van der Waals surface area contributed by atoms with E-state index in [1.54, 1.807) is 4.57 Å². The lowest BCUT2D eigenvalue weighted by Gasteiger charge is -2.38. The third-order valence-electron chi connectivity index (χ3n) is 8.25. The minimum atomic E-state index is -2.02. The number of amides is 1. The number of hydrogen-bond acceptors (Lipinski definition) is 4. The first kappa shape index (κ1) is 26.5. The monoisotopic (exact) mass is 516 g/mol. The normalized spacial score (nSPS) is 20.5. The van der Waals surface area contributed by atoms with E-state index in [1.807, 2.05) is 69.1 Å². The average Bonchev–Trinajstić information content (AvgIpc) is 3.32. The zero-order valence-electron chi connectivity index (χ0n) is 22.4. The Morgan fingerprint density at radius 3 is 2.31 bits per heavy atom. The molecular formula is C26H38BClN2O4Si. The summed E-state index contributed by atoms with van der Waals surface area (Å²) >= 11 is 6.33.